The Bertz CT molecular complexity index is 456. The van der Waals surface area contributed by atoms with Crippen LogP contribution >= 0.6 is 0 Å². The monoisotopic (exact) mass is 284 g/mol. The summed E-state index contributed by atoms with van der Waals surface area (Å²) in [5.74, 6) is -5.41. The molecule has 1 rings (SSSR count). The highest BCUT2D eigenvalue weighted by Gasteiger charge is 2.58. The zero-order valence-corrected chi connectivity index (χ0v) is 9.63. The maximum absolute atomic E-state index is 12.7. The van der Waals surface area contributed by atoms with Gasteiger partial charge in [0, 0.05) is 5.56 Å². The second-order valence-corrected chi connectivity index (χ2v) is 3.52. The maximum Gasteiger partial charge on any atom is 0.456 e. The van der Waals surface area contributed by atoms with Gasteiger partial charge in [0.2, 0.25) is 0 Å². The van der Waals surface area contributed by atoms with Gasteiger partial charge in [-0.05, 0) is 18.2 Å². The molecule has 1 aromatic carbocycles. The lowest BCUT2D eigenvalue weighted by Gasteiger charge is -2.20. The zero-order chi connectivity index (χ0) is 14.7. The van der Waals surface area contributed by atoms with E-state index in [1.54, 1.807) is 0 Å². The van der Waals surface area contributed by atoms with Gasteiger partial charge in [0.25, 0.3) is 0 Å². The summed E-state index contributed by atoms with van der Waals surface area (Å²) in [5.41, 5.74) is 0.0612. The average Bonchev–Trinajstić information content (AvgIpc) is 2.34. The van der Waals surface area contributed by atoms with Crippen molar-refractivity contribution in [1.82, 2.24) is 0 Å². The number of carbonyl (C=O) groups is 1. The summed E-state index contributed by atoms with van der Waals surface area (Å²) in [6.07, 6.45) is -5.31. The molecule has 0 unspecified atom stereocenters. The number of alkyl halides is 5. The van der Waals surface area contributed by atoms with Crippen LogP contribution in [-0.2, 0) is 0 Å². The molecule has 0 aromatic heterocycles. The molecule has 0 aliphatic heterocycles. The summed E-state index contributed by atoms with van der Waals surface area (Å²) in [5, 5.41) is 0. The number of carbonyl (C=O) groups excluding carboxylic acids is 1. The second-order valence-electron chi connectivity index (χ2n) is 3.52. The largest absolute Gasteiger partial charge is 0.493 e. The number of rotatable bonds is 5. The highest BCUT2D eigenvalue weighted by molar-refractivity contribution is 5.76. The molecule has 0 saturated heterocycles. The van der Waals surface area contributed by atoms with Crippen LogP contribution in [0.25, 0.3) is 0 Å². The SMILES string of the molecule is COc1ccc(C=O)cc1OCC(F)(F)C(F)(F)F. The molecular weight excluding hydrogens is 275 g/mol. The first-order valence-corrected chi connectivity index (χ1v) is 4.92. The third-order valence-corrected chi connectivity index (χ3v) is 2.15. The van der Waals surface area contributed by atoms with Gasteiger partial charge in [0.1, 0.15) is 6.29 Å². The van der Waals surface area contributed by atoms with Crippen molar-refractivity contribution in [1.29, 1.82) is 0 Å². The summed E-state index contributed by atoms with van der Waals surface area (Å²) in [4.78, 5) is 10.5. The number of aldehydes is 1. The third-order valence-electron chi connectivity index (χ3n) is 2.15. The van der Waals surface area contributed by atoms with Gasteiger partial charge in [-0.15, -0.1) is 0 Å². The summed E-state index contributed by atoms with van der Waals surface area (Å²) in [6, 6.07) is 3.55. The minimum Gasteiger partial charge on any atom is -0.493 e. The molecular formula is C11H9F5O3. The number of methoxy groups -OCH3 is 1. The Balaban J connectivity index is 2.90. The molecule has 0 spiro atoms. The Kier molecular flexibility index (Phi) is 4.33. The van der Waals surface area contributed by atoms with Gasteiger partial charge in [0.15, 0.2) is 18.1 Å². The molecule has 0 atom stereocenters. The molecule has 3 nitrogen and oxygen atoms in total. The van der Waals surface area contributed by atoms with Crippen LogP contribution in [-0.4, -0.2) is 32.1 Å². The van der Waals surface area contributed by atoms with Crippen molar-refractivity contribution in [2.24, 2.45) is 0 Å². The molecule has 0 fully saturated rings. The van der Waals surface area contributed by atoms with E-state index in [1.165, 1.54) is 19.2 Å². The minimum atomic E-state index is -5.71. The van der Waals surface area contributed by atoms with Crippen molar-refractivity contribution in [3.63, 3.8) is 0 Å². The summed E-state index contributed by atoms with van der Waals surface area (Å²) < 4.78 is 70.3. The first-order valence-electron chi connectivity index (χ1n) is 4.92. The predicted octanol–water partition coefficient (Wildman–Crippen LogP) is 3.08. The van der Waals surface area contributed by atoms with Crippen LogP contribution in [0.5, 0.6) is 11.5 Å². The van der Waals surface area contributed by atoms with E-state index in [0.29, 0.717) is 6.29 Å². The molecule has 8 heteroatoms. The maximum atomic E-state index is 12.7. The fraction of sp³-hybridized carbons (Fsp3) is 0.364. The molecule has 0 aliphatic carbocycles. The van der Waals surface area contributed by atoms with E-state index in [0.717, 1.165) is 6.07 Å². The lowest BCUT2D eigenvalue weighted by molar-refractivity contribution is -0.290. The van der Waals surface area contributed by atoms with Crippen LogP contribution < -0.4 is 9.47 Å². The van der Waals surface area contributed by atoms with Crippen molar-refractivity contribution in [3.8, 4) is 11.5 Å². The Morgan fingerprint density at radius 3 is 2.26 bits per heavy atom. The molecule has 0 aliphatic rings. The van der Waals surface area contributed by atoms with Crippen molar-refractivity contribution in [3.05, 3.63) is 23.8 Å². The molecule has 0 saturated carbocycles. The molecule has 0 bridgehead atoms. The second kappa shape index (κ2) is 5.41. The van der Waals surface area contributed by atoms with Crippen LogP contribution in [0.1, 0.15) is 10.4 Å². The fourth-order valence-corrected chi connectivity index (χ4v) is 1.13. The van der Waals surface area contributed by atoms with Crippen LogP contribution in [0.2, 0.25) is 0 Å². The predicted molar refractivity (Wildman–Crippen MR) is 54.9 cm³/mol. The Morgan fingerprint density at radius 1 is 1.16 bits per heavy atom. The minimum absolute atomic E-state index is 0.0522. The van der Waals surface area contributed by atoms with Gasteiger partial charge in [0.05, 0.1) is 7.11 Å². The normalized spacial score (nSPS) is 12.1. The van der Waals surface area contributed by atoms with E-state index in [1.807, 2.05) is 0 Å². The quantitative estimate of drug-likeness (QED) is 0.615. The highest BCUT2D eigenvalue weighted by Crippen LogP contribution is 2.37. The number of hydrogen-bond acceptors (Lipinski definition) is 3. The van der Waals surface area contributed by atoms with E-state index in [4.69, 9.17) is 4.74 Å². The van der Waals surface area contributed by atoms with Gasteiger partial charge < -0.3 is 9.47 Å². The highest BCUT2D eigenvalue weighted by atomic mass is 19.4. The topological polar surface area (TPSA) is 35.5 Å². The van der Waals surface area contributed by atoms with Gasteiger partial charge in [-0.3, -0.25) is 4.79 Å². The molecule has 0 N–H and O–H groups in total. The third kappa shape index (κ3) is 3.55. The zero-order valence-electron chi connectivity index (χ0n) is 9.63. The van der Waals surface area contributed by atoms with E-state index < -0.39 is 18.7 Å². The summed E-state index contributed by atoms with van der Waals surface area (Å²) in [6.45, 7) is -1.89. The van der Waals surface area contributed by atoms with E-state index in [9.17, 15) is 26.7 Å². The van der Waals surface area contributed by atoms with Gasteiger partial charge in [-0.25, -0.2) is 0 Å². The average molecular weight is 284 g/mol. The lowest BCUT2D eigenvalue weighted by Crippen LogP contribution is -2.41. The Morgan fingerprint density at radius 2 is 1.79 bits per heavy atom. The Labute approximate surface area is 104 Å². The number of benzene rings is 1. The molecule has 19 heavy (non-hydrogen) atoms. The Hall–Kier alpha value is -1.86. The summed E-state index contributed by atoms with van der Waals surface area (Å²) in [7, 11) is 1.19. The van der Waals surface area contributed by atoms with Crippen LogP contribution in [0, 0.1) is 0 Å². The van der Waals surface area contributed by atoms with E-state index >= 15 is 0 Å². The van der Waals surface area contributed by atoms with Crippen LogP contribution in [0.4, 0.5) is 22.0 Å². The fourth-order valence-electron chi connectivity index (χ4n) is 1.13. The summed E-state index contributed by atoms with van der Waals surface area (Å²) >= 11 is 0. The van der Waals surface area contributed by atoms with E-state index in [-0.39, 0.29) is 17.1 Å². The first kappa shape index (κ1) is 15.2. The number of hydrogen-bond donors (Lipinski definition) is 0. The van der Waals surface area contributed by atoms with E-state index in [2.05, 4.69) is 4.74 Å². The molecule has 106 valence electrons. The molecule has 0 radical (unpaired) electrons. The van der Waals surface area contributed by atoms with Crippen molar-refractivity contribution < 1.29 is 36.2 Å². The standard InChI is InChI=1S/C11H9F5O3/c1-18-8-3-2-7(5-17)4-9(8)19-6-10(12,13)11(14,15)16/h2-5H,6H2,1H3. The van der Waals surface area contributed by atoms with Gasteiger partial charge in [-0.1, -0.05) is 0 Å². The van der Waals surface area contributed by atoms with Crippen molar-refractivity contribution >= 4 is 6.29 Å². The molecule has 1 aromatic rings. The molecule has 0 heterocycles. The van der Waals surface area contributed by atoms with Crippen LogP contribution in [0.3, 0.4) is 0 Å². The van der Waals surface area contributed by atoms with Crippen molar-refractivity contribution in [2.75, 3.05) is 13.7 Å². The van der Waals surface area contributed by atoms with Crippen LogP contribution in [0.15, 0.2) is 18.2 Å². The van der Waals surface area contributed by atoms with Crippen molar-refractivity contribution in [2.45, 2.75) is 12.1 Å². The first-order chi connectivity index (χ1) is 8.71. The lowest BCUT2D eigenvalue weighted by atomic mass is 10.2. The molecule has 0 amide bonds. The van der Waals surface area contributed by atoms with Gasteiger partial charge >= 0.3 is 12.1 Å². The number of halogens is 5. The smallest absolute Gasteiger partial charge is 0.456 e. The van der Waals surface area contributed by atoms with Gasteiger partial charge in [-0.2, -0.15) is 22.0 Å². The number of ether oxygens (including phenoxy) is 2.